The van der Waals surface area contributed by atoms with Crippen LogP contribution in [0.15, 0.2) is 80.5 Å². The summed E-state index contributed by atoms with van der Waals surface area (Å²) in [6, 6.07) is 20.8. The molecule has 0 bridgehead atoms. The van der Waals surface area contributed by atoms with Gasteiger partial charge < -0.3 is 19.5 Å². The van der Waals surface area contributed by atoms with Crippen molar-refractivity contribution in [2.75, 3.05) is 32.2 Å². The Bertz CT molecular complexity index is 1460. The number of ether oxygens (including phenoxy) is 2. The zero-order valence-corrected chi connectivity index (χ0v) is 23.4. The van der Waals surface area contributed by atoms with Crippen LogP contribution < -0.4 is 19.8 Å². The van der Waals surface area contributed by atoms with Crippen LogP contribution >= 0.6 is 15.9 Å². The average Bonchev–Trinajstić information content (AvgIpc) is 2.98. The fraction of sp³-hybridized carbons (Fsp3) is 0.214. The van der Waals surface area contributed by atoms with Crippen LogP contribution in [0.2, 0.25) is 0 Å². The number of hydrazone groups is 1. The summed E-state index contributed by atoms with van der Waals surface area (Å²) in [5.74, 6) is 0.189. The van der Waals surface area contributed by atoms with E-state index >= 15 is 0 Å². The number of nitrogens with one attached hydrogen (secondary N) is 1. The van der Waals surface area contributed by atoms with Gasteiger partial charge in [-0.3, -0.25) is 4.79 Å². The molecule has 2 N–H and O–H groups in total. The fourth-order valence-corrected chi connectivity index (χ4v) is 3.91. The number of benzene rings is 3. The molecule has 0 atom stereocenters. The highest BCUT2D eigenvalue weighted by atomic mass is 79.9. The number of anilines is 1. The summed E-state index contributed by atoms with van der Waals surface area (Å²) in [5, 5.41) is 40.9. The smallest absolute Gasteiger partial charge is 0.275 e. The van der Waals surface area contributed by atoms with Crippen LogP contribution in [0.3, 0.4) is 0 Å². The van der Waals surface area contributed by atoms with Crippen LogP contribution in [0, 0.1) is 22.7 Å². The molecule has 1 amide bonds. The highest BCUT2D eigenvalue weighted by molar-refractivity contribution is 9.10. The maximum absolute atomic E-state index is 12.8. The predicted molar refractivity (Wildman–Crippen MR) is 153 cm³/mol. The third-order valence-corrected chi connectivity index (χ3v) is 6.07. The van der Waals surface area contributed by atoms with E-state index < -0.39 is 5.91 Å². The summed E-state index contributed by atoms with van der Waals surface area (Å²) in [7, 11) is 3.04. The summed E-state index contributed by atoms with van der Waals surface area (Å²) >= 11 is 3.29. The zero-order chi connectivity index (χ0) is 28.9. The quantitative estimate of drug-likeness (QED) is 0.123. The first-order chi connectivity index (χ1) is 19.4. The second kappa shape index (κ2) is 14.9. The van der Waals surface area contributed by atoms with E-state index in [1.165, 1.54) is 19.2 Å². The first kappa shape index (κ1) is 29.6. The number of carbonyl (C=O) groups excluding carboxylic acids is 1. The highest BCUT2D eigenvalue weighted by Gasteiger charge is 2.17. The van der Waals surface area contributed by atoms with Crippen molar-refractivity contribution in [3.8, 4) is 29.4 Å². The number of phenolic OH excluding ortho intramolecular Hbond substituents is 1. The molecule has 0 aromatic heterocycles. The summed E-state index contributed by atoms with van der Waals surface area (Å²) in [6.45, 7) is 0.871. The van der Waals surface area contributed by atoms with Gasteiger partial charge in [-0.1, -0.05) is 15.9 Å². The lowest BCUT2D eigenvalue weighted by Gasteiger charge is -2.23. The molecule has 204 valence electrons. The van der Waals surface area contributed by atoms with E-state index in [-0.39, 0.29) is 30.0 Å². The molecule has 12 heteroatoms. The minimum atomic E-state index is -0.661. The van der Waals surface area contributed by atoms with Crippen LogP contribution in [0.4, 0.5) is 11.4 Å². The number of carbonyl (C=O) groups is 1. The Balaban J connectivity index is 2.01. The summed E-state index contributed by atoms with van der Waals surface area (Å²) in [6.07, 6.45) is 0.569. The van der Waals surface area contributed by atoms with Gasteiger partial charge in [0.15, 0.2) is 0 Å². The van der Waals surface area contributed by atoms with Crippen LogP contribution in [0.1, 0.15) is 28.8 Å². The third kappa shape index (κ3) is 8.03. The first-order valence-electron chi connectivity index (χ1n) is 12.0. The second-order valence-electron chi connectivity index (χ2n) is 8.12. The van der Waals surface area contributed by atoms with Crippen LogP contribution in [0.25, 0.3) is 0 Å². The van der Waals surface area contributed by atoms with Crippen molar-refractivity contribution in [1.29, 1.82) is 10.5 Å². The molecule has 0 saturated carbocycles. The van der Waals surface area contributed by atoms with E-state index in [9.17, 15) is 9.90 Å². The Kier molecular flexibility index (Phi) is 11.0. The monoisotopic (exact) mass is 603 g/mol. The molecule has 0 spiro atoms. The zero-order valence-electron chi connectivity index (χ0n) is 21.8. The molecule has 0 aliphatic rings. The number of methoxy groups -OCH3 is 2. The molecule has 0 aliphatic heterocycles. The molecule has 0 heterocycles. The fourth-order valence-electron chi connectivity index (χ4n) is 3.55. The van der Waals surface area contributed by atoms with Gasteiger partial charge in [0.25, 0.3) is 5.91 Å². The van der Waals surface area contributed by atoms with Crippen molar-refractivity contribution in [2.24, 2.45) is 15.3 Å². The number of rotatable bonds is 11. The van der Waals surface area contributed by atoms with Gasteiger partial charge in [-0.2, -0.15) is 10.5 Å². The van der Waals surface area contributed by atoms with Crippen LogP contribution in [0.5, 0.6) is 17.2 Å². The molecule has 11 nitrogen and oxygen atoms in total. The van der Waals surface area contributed by atoms with Crippen molar-refractivity contribution in [1.82, 2.24) is 5.43 Å². The van der Waals surface area contributed by atoms with Gasteiger partial charge in [0.2, 0.25) is 5.84 Å². The van der Waals surface area contributed by atoms with Gasteiger partial charge in [0.05, 0.1) is 56.0 Å². The van der Waals surface area contributed by atoms with Crippen LogP contribution in [-0.4, -0.2) is 44.2 Å². The second-order valence-corrected chi connectivity index (χ2v) is 9.04. The summed E-state index contributed by atoms with van der Waals surface area (Å²) in [4.78, 5) is 14.7. The van der Waals surface area contributed by atoms with Gasteiger partial charge in [-0.25, -0.2) is 5.43 Å². The number of hydrogen-bond acceptors (Lipinski definition) is 9. The lowest BCUT2D eigenvalue weighted by molar-refractivity contribution is 0.0952. The molecule has 3 aromatic carbocycles. The lowest BCUT2D eigenvalue weighted by atomic mass is 10.1. The molecular formula is C28H26BrN7O4. The van der Waals surface area contributed by atoms with Crippen LogP contribution in [-0.2, 0) is 0 Å². The first-order valence-corrected chi connectivity index (χ1v) is 12.8. The summed E-state index contributed by atoms with van der Waals surface area (Å²) < 4.78 is 11.4. The highest BCUT2D eigenvalue weighted by Crippen LogP contribution is 2.28. The maximum atomic E-state index is 12.8. The number of halogens is 1. The molecule has 0 aliphatic carbocycles. The molecule has 0 radical (unpaired) electrons. The molecule has 0 unspecified atom stereocenters. The molecule has 40 heavy (non-hydrogen) atoms. The molecule has 3 rings (SSSR count). The van der Waals surface area contributed by atoms with E-state index in [2.05, 4.69) is 48.8 Å². The minimum Gasteiger partial charge on any atom is -0.507 e. The van der Waals surface area contributed by atoms with E-state index in [0.29, 0.717) is 40.3 Å². The largest absolute Gasteiger partial charge is 0.507 e. The Hall–Kier alpha value is -4.94. The number of amidine groups is 1. The number of azo groups is 1. The number of nitriles is 2. The maximum Gasteiger partial charge on any atom is 0.275 e. The Morgan fingerprint density at radius 1 is 0.975 bits per heavy atom. The SMILES string of the molecule is COc1ccc(N=N/C(=N\NC(=O)c2cc(Br)ccc2O)c2ccc(N(CCC#N)CCC#N)cc2OC)cc1. The number of nitrogens with zero attached hydrogens (tertiary/aromatic N) is 6. The number of phenols is 1. The number of hydrogen-bond donors (Lipinski definition) is 2. The third-order valence-electron chi connectivity index (χ3n) is 5.58. The Morgan fingerprint density at radius 2 is 1.68 bits per heavy atom. The van der Waals surface area contributed by atoms with Crippen molar-refractivity contribution in [3.63, 3.8) is 0 Å². The van der Waals surface area contributed by atoms with E-state index in [0.717, 1.165) is 5.69 Å². The number of amides is 1. The van der Waals surface area contributed by atoms with E-state index in [1.807, 2.05) is 4.90 Å². The van der Waals surface area contributed by atoms with Crippen molar-refractivity contribution >= 4 is 39.0 Å². The van der Waals surface area contributed by atoms with E-state index in [1.54, 1.807) is 55.6 Å². The van der Waals surface area contributed by atoms with Gasteiger partial charge >= 0.3 is 0 Å². The minimum absolute atomic E-state index is 0.0116. The normalized spacial score (nSPS) is 11.0. The van der Waals surface area contributed by atoms with Crippen molar-refractivity contribution < 1.29 is 19.4 Å². The van der Waals surface area contributed by atoms with Gasteiger partial charge in [-0.05, 0) is 54.6 Å². The molecule has 0 fully saturated rings. The van der Waals surface area contributed by atoms with E-state index in [4.69, 9.17) is 20.0 Å². The average molecular weight is 604 g/mol. The lowest BCUT2D eigenvalue weighted by Crippen LogP contribution is -2.25. The Labute approximate surface area is 240 Å². The van der Waals surface area contributed by atoms with Gasteiger partial charge in [0.1, 0.15) is 17.2 Å². The van der Waals surface area contributed by atoms with Gasteiger partial charge in [0, 0.05) is 29.3 Å². The number of aromatic hydroxyl groups is 1. The Morgan fingerprint density at radius 3 is 2.30 bits per heavy atom. The topological polar surface area (TPSA) is 156 Å². The summed E-state index contributed by atoms with van der Waals surface area (Å²) in [5.41, 5.74) is 4.10. The van der Waals surface area contributed by atoms with Gasteiger partial charge in [-0.15, -0.1) is 15.3 Å². The van der Waals surface area contributed by atoms with Crippen molar-refractivity contribution in [3.05, 3.63) is 76.3 Å². The molecule has 3 aromatic rings. The molecular weight excluding hydrogens is 578 g/mol. The predicted octanol–water partition coefficient (Wildman–Crippen LogP) is 5.68. The van der Waals surface area contributed by atoms with Crippen molar-refractivity contribution in [2.45, 2.75) is 12.8 Å². The molecule has 0 saturated heterocycles. The standard InChI is InChI=1S/C28H26BrN7O4/c1-39-22-9-6-20(7-10-22)32-33-27(34-35-28(38)24-17-19(29)5-12-25(24)37)23-11-8-21(18-26(23)40-2)36(15-3-13-30)16-4-14-31/h5-12,17-18,37H,3-4,15-16H2,1-2H3,(H,35,38)/b33-32?,34-27-.